The highest BCUT2D eigenvalue weighted by Crippen LogP contribution is 2.35. The van der Waals surface area contributed by atoms with Gasteiger partial charge < -0.3 is 10.4 Å². The summed E-state index contributed by atoms with van der Waals surface area (Å²) in [6.45, 7) is 0.0480. The molecule has 0 saturated heterocycles. The maximum absolute atomic E-state index is 12.9. The summed E-state index contributed by atoms with van der Waals surface area (Å²) in [5.74, 6) is 1.38. The fourth-order valence-electron chi connectivity index (χ4n) is 5.52. The number of nitrogens with zero attached hydrogens (tertiary/aromatic N) is 2. The summed E-state index contributed by atoms with van der Waals surface area (Å²) in [7, 11) is 0. The molecule has 1 fully saturated rings. The van der Waals surface area contributed by atoms with Crippen molar-refractivity contribution in [3.05, 3.63) is 76.6 Å². The highest BCUT2D eigenvalue weighted by molar-refractivity contribution is 5.90. The molecular weight excluding hydrogens is 434 g/mol. The van der Waals surface area contributed by atoms with Gasteiger partial charge in [0.1, 0.15) is 0 Å². The van der Waals surface area contributed by atoms with Crippen LogP contribution in [0.2, 0.25) is 0 Å². The third-order valence-corrected chi connectivity index (χ3v) is 7.53. The molecule has 1 heterocycles. The molecule has 5 nitrogen and oxygen atoms in total. The summed E-state index contributed by atoms with van der Waals surface area (Å²) in [4.78, 5) is 23.0. The minimum absolute atomic E-state index is 0.00850. The normalized spacial score (nSPS) is 15.3. The summed E-state index contributed by atoms with van der Waals surface area (Å²) in [6, 6.07) is 16.2. The topological polar surface area (TPSA) is 75.1 Å². The number of fused-ring (bicyclic) bond motifs is 3. The van der Waals surface area contributed by atoms with Gasteiger partial charge in [0.15, 0.2) is 5.82 Å². The molecule has 5 heteroatoms. The van der Waals surface area contributed by atoms with Crippen molar-refractivity contribution in [1.29, 1.82) is 0 Å². The van der Waals surface area contributed by atoms with E-state index in [-0.39, 0.29) is 12.5 Å². The second-order valence-electron chi connectivity index (χ2n) is 10.0. The van der Waals surface area contributed by atoms with E-state index in [0.29, 0.717) is 18.7 Å². The monoisotopic (exact) mass is 469 g/mol. The van der Waals surface area contributed by atoms with Gasteiger partial charge >= 0.3 is 0 Å². The molecule has 0 spiro atoms. The Balaban J connectivity index is 1.39. The number of aryl methyl sites for hydroxylation is 4. The minimum Gasteiger partial charge on any atom is -0.392 e. The van der Waals surface area contributed by atoms with Crippen LogP contribution in [0, 0.1) is 5.92 Å². The lowest BCUT2D eigenvalue weighted by Crippen LogP contribution is -2.19. The first kappa shape index (κ1) is 23.7. The van der Waals surface area contributed by atoms with Crippen molar-refractivity contribution in [2.24, 2.45) is 5.92 Å². The number of carbonyl (C=O) groups excluding carboxylic acids is 1. The molecule has 35 heavy (non-hydrogen) atoms. The summed E-state index contributed by atoms with van der Waals surface area (Å²) in [5, 5.41) is 12.7. The van der Waals surface area contributed by atoms with E-state index < -0.39 is 0 Å². The summed E-state index contributed by atoms with van der Waals surface area (Å²) < 4.78 is 0. The van der Waals surface area contributed by atoms with Crippen LogP contribution in [0.4, 0.5) is 5.82 Å². The number of nitrogens with one attached hydrogen (secondary N) is 1. The molecule has 2 aliphatic carbocycles. The van der Waals surface area contributed by atoms with Gasteiger partial charge in [0.25, 0.3) is 0 Å². The van der Waals surface area contributed by atoms with Gasteiger partial charge in [0.2, 0.25) is 5.91 Å². The Morgan fingerprint density at radius 3 is 2.57 bits per heavy atom. The van der Waals surface area contributed by atoms with Crippen LogP contribution in [-0.2, 0) is 37.1 Å². The number of rotatable bonds is 8. The summed E-state index contributed by atoms with van der Waals surface area (Å²) in [5.41, 5.74) is 7.22. The largest absolute Gasteiger partial charge is 0.392 e. The van der Waals surface area contributed by atoms with Crippen LogP contribution in [0.5, 0.6) is 0 Å². The summed E-state index contributed by atoms with van der Waals surface area (Å²) >= 11 is 0. The Hall–Kier alpha value is -3.05. The van der Waals surface area contributed by atoms with Crippen molar-refractivity contribution >= 4 is 11.7 Å². The Morgan fingerprint density at radius 1 is 0.943 bits per heavy atom. The van der Waals surface area contributed by atoms with Gasteiger partial charge in [0, 0.05) is 12.0 Å². The zero-order chi connectivity index (χ0) is 24.0. The maximum atomic E-state index is 12.9. The van der Waals surface area contributed by atoms with Gasteiger partial charge in [-0.15, -0.1) is 0 Å². The quantitative estimate of drug-likeness (QED) is 0.436. The van der Waals surface area contributed by atoms with Crippen LogP contribution in [0.1, 0.15) is 73.0 Å². The molecule has 0 radical (unpaired) electrons. The van der Waals surface area contributed by atoms with Crippen LogP contribution in [-0.4, -0.2) is 21.0 Å². The molecule has 2 aromatic carbocycles. The average Bonchev–Trinajstić information content (AvgIpc) is 2.91. The van der Waals surface area contributed by atoms with E-state index in [1.807, 2.05) is 24.3 Å². The standard InChI is InChI=1S/C30H35N3O2/c34-20-23-11-15-25-24(19-23)14-17-26-29(25)31-27(16-12-21-7-3-1-4-8-21)30(32-26)33-28(35)18-13-22-9-5-2-6-10-22/h2,5-6,9-11,15,19,21,34H,1,3-4,7-8,12-14,16-18,20H2,(H,32,33,35). The van der Waals surface area contributed by atoms with Crippen LogP contribution < -0.4 is 5.32 Å². The number of hydrogen-bond donors (Lipinski definition) is 2. The van der Waals surface area contributed by atoms with E-state index in [1.54, 1.807) is 0 Å². The number of benzene rings is 2. The molecule has 1 saturated carbocycles. The molecule has 2 aliphatic rings. The number of hydrogen-bond acceptors (Lipinski definition) is 4. The van der Waals surface area contributed by atoms with Crippen molar-refractivity contribution in [2.75, 3.05) is 5.32 Å². The molecule has 0 aliphatic heterocycles. The third-order valence-electron chi connectivity index (χ3n) is 7.53. The van der Waals surface area contributed by atoms with Crippen molar-refractivity contribution in [2.45, 2.75) is 77.2 Å². The molecule has 1 amide bonds. The third kappa shape index (κ3) is 5.79. The molecule has 2 N–H and O–H groups in total. The lowest BCUT2D eigenvalue weighted by Gasteiger charge is -2.23. The first-order valence-electron chi connectivity index (χ1n) is 13.2. The molecule has 182 valence electrons. The Bertz CT molecular complexity index is 1170. The van der Waals surface area contributed by atoms with Gasteiger partial charge in [-0.1, -0.05) is 80.6 Å². The van der Waals surface area contributed by atoms with Crippen LogP contribution in [0.15, 0.2) is 48.5 Å². The van der Waals surface area contributed by atoms with Gasteiger partial charge in [-0.25, -0.2) is 9.97 Å². The number of aliphatic hydroxyl groups excluding tert-OH is 1. The fourth-order valence-corrected chi connectivity index (χ4v) is 5.52. The molecule has 5 rings (SSSR count). The van der Waals surface area contributed by atoms with Crippen LogP contribution in [0.3, 0.4) is 0 Å². The smallest absolute Gasteiger partial charge is 0.225 e. The molecule has 0 atom stereocenters. The average molecular weight is 470 g/mol. The molecule has 0 bridgehead atoms. The SMILES string of the molecule is O=C(CCc1ccccc1)Nc1nc2c(nc1CCC1CCCCC1)-c1ccc(CO)cc1CC2. The van der Waals surface area contributed by atoms with Gasteiger partial charge in [-0.2, -0.15) is 0 Å². The van der Waals surface area contributed by atoms with Crippen molar-refractivity contribution in [3.8, 4) is 11.3 Å². The summed E-state index contributed by atoms with van der Waals surface area (Å²) in [6.07, 6.45) is 11.3. The van der Waals surface area contributed by atoms with E-state index in [9.17, 15) is 9.90 Å². The number of aromatic nitrogens is 2. The zero-order valence-corrected chi connectivity index (χ0v) is 20.4. The second-order valence-corrected chi connectivity index (χ2v) is 10.0. The lowest BCUT2D eigenvalue weighted by atomic mass is 9.85. The van der Waals surface area contributed by atoms with Gasteiger partial charge in [0.05, 0.1) is 23.7 Å². The van der Waals surface area contributed by atoms with Crippen LogP contribution >= 0.6 is 0 Å². The van der Waals surface area contributed by atoms with E-state index in [1.165, 1.54) is 37.7 Å². The number of amides is 1. The number of aliphatic hydroxyl groups is 1. The first-order valence-corrected chi connectivity index (χ1v) is 13.2. The van der Waals surface area contributed by atoms with Gasteiger partial charge in [-0.3, -0.25) is 4.79 Å². The number of carbonyl (C=O) groups is 1. The van der Waals surface area contributed by atoms with E-state index >= 15 is 0 Å². The number of anilines is 1. The van der Waals surface area contributed by atoms with Crippen molar-refractivity contribution < 1.29 is 9.90 Å². The Morgan fingerprint density at radius 2 is 1.77 bits per heavy atom. The predicted molar refractivity (Wildman–Crippen MR) is 139 cm³/mol. The molecular formula is C30H35N3O2. The van der Waals surface area contributed by atoms with Crippen molar-refractivity contribution in [1.82, 2.24) is 9.97 Å². The molecule has 3 aromatic rings. The van der Waals surface area contributed by atoms with Crippen molar-refractivity contribution in [3.63, 3.8) is 0 Å². The minimum atomic E-state index is -0.00850. The lowest BCUT2D eigenvalue weighted by molar-refractivity contribution is -0.116. The first-order chi connectivity index (χ1) is 17.2. The van der Waals surface area contributed by atoms with E-state index in [0.717, 1.165) is 65.4 Å². The highest BCUT2D eigenvalue weighted by Gasteiger charge is 2.23. The van der Waals surface area contributed by atoms with E-state index in [4.69, 9.17) is 9.97 Å². The highest BCUT2D eigenvalue weighted by atomic mass is 16.3. The predicted octanol–water partition coefficient (Wildman–Crippen LogP) is 5.82. The Kier molecular flexibility index (Phi) is 7.53. The molecule has 1 aromatic heterocycles. The second kappa shape index (κ2) is 11.1. The zero-order valence-electron chi connectivity index (χ0n) is 20.4. The fraction of sp³-hybridized carbons (Fsp3) is 0.433. The van der Waals surface area contributed by atoms with Gasteiger partial charge in [-0.05, 0) is 54.7 Å². The Labute approximate surface area is 208 Å². The van der Waals surface area contributed by atoms with E-state index in [2.05, 4.69) is 29.6 Å². The van der Waals surface area contributed by atoms with Crippen LogP contribution in [0.25, 0.3) is 11.3 Å². The maximum Gasteiger partial charge on any atom is 0.225 e. The molecule has 0 unspecified atom stereocenters.